The molecule has 2 aromatic heterocycles. The van der Waals surface area contributed by atoms with Gasteiger partial charge in [-0.2, -0.15) is 10.2 Å². The van der Waals surface area contributed by atoms with Crippen LogP contribution >= 0.6 is 0 Å². The molecule has 18 heavy (non-hydrogen) atoms. The van der Waals surface area contributed by atoms with E-state index < -0.39 is 0 Å². The average Bonchev–Trinajstić information content (AvgIpc) is 2.85. The number of hydrogen-bond acceptors (Lipinski definition) is 6. The molecule has 7 heteroatoms. The Kier molecular flexibility index (Phi) is 2.34. The lowest BCUT2D eigenvalue weighted by molar-refractivity contribution is 0.690. The van der Waals surface area contributed by atoms with Crippen molar-refractivity contribution in [2.24, 2.45) is 0 Å². The van der Waals surface area contributed by atoms with E-state index in [1.165, 1.54) is 6.20 Å². The van der Waals surface area contributed by atoms with E-state index in [0.717, 1.165) is 24.4 Å². The highest BCUT2D eigenvalue weighted by Gasteiger charge is 2.20. The Morgan fingerprint density at radius 1 is 1.44 bits per heavy atom. The molecule has 0 radical (unpaired) electrons. The maximum atomic E-state index is 8.79. The molecular weight excluding hydrogens is 230 g/mol. The lowest BCUT2D eigenvalue weighted by atomic mass is 10.1. The maximum absolute atomic E-state index is 8.79. The van der Waals surface area contributed by atoms with E-state index in [4.69, 9.17) is 11.0 Å². The summed E-state index contributed by atoms with van der Waals surface area (Å²) in [5, 5.41) is 8.79. The second kappa shape index (κ2) is 4.00. The summed E-state index contributed by atoms with van der Waals surface area (Å²) in [6.07, 6.45) is 4.00. The van der Waals surface area contributed by atoms with Crippen molar-refractivity contribution >= 4 is 11.8 Å². The van der Waals surface area contributed by atoms with Crippen LogP contribution in [0.4, 0.5) is 11.8 Å². The van der Waals surface area contributed by atoms with Gasteiger partial charge < -0.3 is 15.6 Å². The normalized spacial score (nSPS) is 14.1. The number of anilines is 2. The molecule has 0 amide bonds. The second-order valence-electron chi connectivity index (χ2n) is 4.08. The fourth-order valence-corrected chi connectivity index (χ4v) is 2.01. The standard InChI is InChI=1S/C11H11N7/c12-3-7-4-14-11(17-10(7)13)18-2-1-8-9(5-18)16-6-15-8/h4,6H,1-2,5H2,(H,15,16)(H2,13,14,17). The molecule has 0 fully saturated rings. The Labute approximate surface area is 103 Å². The molecular formula is C11H11N7. The molecule has 0 unspecified atom stereocenters. The van der Waals surface area contributed by atoms with Gasteiger partial charge in [-0.05, 0) is 0 Å². The average molecular weight is 241 g/mol. The van der Waals surface area contributed by atoms with E-state index in [9.17, 15) is 0 Å². The van der Waals surface area contributed by atoms with E-state index in [0.29, 0.717) is 18.1 Å². The molecule has 0 aromatic carbocycles. The highest BCUT2D eigenvalue weighted by Crippen LogP contribution is 2.20. The number of aromatic nitrogens is 4. The van der Waals surface area contributed by atoms with E-state index in [1.54, 1.807) is 6.33 Å². The van der Waals surface area contributed by atoms with Crippen LogP contribution in [0.5, 0.6) is 0 Å². The minimum atomic E-state index is 0.220. The number of fused-ring (bicyclic) bond motifs is 1. The van der Waals surface area contributed by atoms with Crippen molar-refractivity contribution in [3.63, 3.8) is 0 Å². The van der Waals surface area contributed by atoms with Crippen molar-refractivity contribution < 1.29 is 0 Å². The van der Waals surface area contributed by atoms with E-state index >= 15 is 0 Å². The van der Waals surface area contributed by atoms with Gasteiger partial charge in [0.1, 0.15) is 17.5 Å². The number of nitriles is 1. The summed E-state index contributed by atoms with van der Waals surface area (Å²) in [4.78, 5) is 17.7. The molecule has 0 bridgehead atoms. The van der Waals surface area contributed by atoms with Crippen molar-refractivity contribution in [1.29, 1.82) is 5.26 Å². The fourth-order valence-electron chi connectivity index (χ4n) is 2.01. The first-order chi connectivity index (χ1) is 8.78. The Bertz CT molecular complexity index is 625. The fraction of sp³-hybridized carbons (Fsp3) is 0.273. The molecule has 0 aliphatic carbocycles. The molecule has 1 aliphatic heterocycles. The number of rotatable bonds is 1. The van der Waals surface area contributed by atoms with Crippen LogP contribution < -0.4 is 10.6 Å². The van der Waals surface area contributed by atoms with Gasteiger partial charge in [-0.25, -0.2) is 9.97 Å². The smallest absolute Gasteiger partial charge is 0.227 e. The van der Waals surface area contributed by atoms with E-state index in [-0.39, 0.29) is 5.82 Å². The Morgan fingerprint density at radius 2 is 2.33 bits per heavy atom. The molecule has 0 saturated heterocycles. The Morgan fingerprint density at radius 3 is 3.11 bits per heavy atom. The lowest BCUT2D eigenvalue weighted by Crippen LogP contribution is -2.32. The third-order valence-corrected chi connectivity index (χ3v) is 2.98. The van der Waals surface area contributed by atoms with Crippen molar-refractivity contribution in [3.05, 3.63) is 29.5 Å². The van der Waals surface area contributed by atoms with Gasteiger partial charge in [-0.3, -0.25) is 0 Å². The second-order valence-corrected chi connectivity index (χ2v) is 4.08. The maximum Gasteiger partial charge on any atom is 0.227 e. The van der Waals surface area contributed by atoms with Gasteiger partial charge in [0.05, 0.1) is 30.5 Å². The number of aromatic amines is 1. The van der Waals surface area contributed by atoms with Crippen LogP contribution in [0.15, 0.2) is 12.5 Å². The predicted octanol–water partition coefficient (Wildman–Crippen LogP) is 0.216. The zero-order valence-electron chi connectivity index (χ0n) is 9.59. The number of H-pyrrole nitrogens is 1. The van der Waals surface area contributed by atoms with Crippen LogP contribution in [0.2, 0.25) is 0 Å². The van der Waals surface area contributed by atoms with Crippen LogP contribution in [0.25, 0.3) is 0 Å². The topological polar surface area (TPSA) is 108 Å². The molecule has 0 spiro atoms. The molecule has 3 N–H and O–H groups in total. The molecule has 3 heterocycles. The van der Waals surface area contributed by atoms with Gasteiger partial charge >= 0.3 is 0 Å². The number of hydrogen-bond donors (Lipinski definition) is 2. The monoisotopic (exact) mass is 241 g/mol. The number of imidazole rings is 1. The van der Waals surface area contributed by atoms with Crippen molar-refractivity contribution in [1.82, 2.24) is 19.9 Å². The minimum absolute atomic E-state index is 0.220. The third-order valence-electron chi connectivity index (χ3n) is 2.98. The van der Waals surface area contributed by atoms with Gasteiger partial charge in [-0.15, -0.1) is 0 Å². The summed E-state index contributed by atoms with van der Waals surface area (Å²) in [7, 11) is 0. The van der Waals surface area contributed by atoms with Crippen LogP contribution in [0, 0.1) is 11.3 Å². The predicted molar refractivity (Wildman–Crippen MR) is 64.5 cm³/mol. The molecule has 0 saturated carbocycles. The number of nitrogen functional groups attached to an aromatic ring is 1. The van der Waals surface area contributed by atoms with Gasteiger partial charge in [0.15, 0.2) is 0 Å². The Balaban J connectivity index is 1.89. The van der Waals surface area contributed by atoms with Crippen LogP contribution in [0.3, 0.4) is 0 Å². The zero-order valence-corrected chi connectivity index (χ0v) is 9.59. The first-order valence-electron chi connectivity index (χ1n) is 5.56. The summed E-state index contributed by atoms with van der Waals surface area (Å²) >= 11 is 0. The first kappa shape index (κ1) is 10.5. The van der Waals surface area contributed by atoms with E-state index in [2.05, 4.69) is 19.9 Å². The van der Waals surface area contributed by atoms with Crippen molar-refractivity contribution in [3.8, 4) is 6.07 Å². The molecule has 0 atom stereocenters. The molecule has 7 nitrogen and oxygen atoms in total. The van der Waals surface area contributed by atoms with Crippen LogP contribution in [-0.4, -0.2) is 26.5 Å². The number of nitrogens with one attached hydrogen (secondary N) is 1. The highest BCUT2D eigenvalue weighted by atomic mass is 15.3. The third kappa shape index (κ3) is 1.64. The molecule has 3 rings (SSSR count). The summed E-state index contributed by atoms with van der Waals surface area (Å²) in [5.41, 5.74) is 8.16. The molecule has 2 aromatic rings. The minimum Gasteiger partial charge on any atom is -0.382 e. The van der Waals surface area contributed by atoms with E-state index in [1.807, 2.05) is 11.0 Å². The zero-order chi connectivity index (χ0) is 12.5. The molecule has 90 valence electrons. The number of nitrogens with two attached hydrogens (primary N) is 1. The summed E-state index contributed by atoms with van der Waals surface area (Å²) in [6, 6.07) is 1.95. The highest BCUT2D eigenvalue weighted by molar-refractivity contribution is 5.50. The number of nitrogens with zero attached hydrogens (tertiary/aromatic N) is 5. The lowest BCUT2D eigenvalue weighted by Gasteiger charge is -2.26. The van der Waals surface area contributed by atoms with Gasteiger partial charge in [-0.1, -0.05) is 0 Å². The summed E-state index contributed by atoms with van der Waals surface area (Å²) in [5.74, 6) is 0.768. The van der Waals surface area contributed by atoms with Crippen molar-refractivity contribution in [2.45, 2.75) is 13.0 Å². The summed E-state index contributed by atoms with van der Waals surface area (Å²) < 4.78 is 0. The van der Waals surface area contributed by atoms with Crippen LogP contribution in [0.1, 0.15) is 17.0 Å². The largest absolute Gasteiger partial charge is 0.382 e. The van der Waals surface area contributed by atoms with Gasteiger partial charge in [0.2, 0.25) is 5.95 Å². The molecule has 1 aliphatic rings. The van der Waals surface area contributed by atoms with Crippen molar-refractivity contribution in [2.75, 3.05) is 17.2 Å². The van der Waals surface area contributed by atoms with Gasteiger partial charge in [0, 0.05) is 13.0 Å². The summed E-state index contributed by atoms with van der Waals surface area (Å²) in [6.45, 7) is 1.48. The first-order valence-corrected chi connectivity index (χ1v) is 5.56. The van der Waals surface area contributed by atoms with Crippen LogP contribution in [-0.2, 0) is 13.0 Å². The van der Waals surface area contributed by atoms with Gasteiger partial charge in [0.25, 0.3) is 0 Å². The quantitative estimate of drug-likeness (QED) is 0.739. The SMILES string of the molecule is N#Cc1cnc(N2CCc3nc[nH]c3C2)nc1N. The Hall–Kier alpha value is -2.62.